The van der Waals surface area contributed by atoms with Gasteiger partial charge in [0.15, 0.2) is 0 Å². The van der Waals surface area contributed by atoms with E-state index in [1.165, 1.54) is 6.20 Å². The topological polar surface area (TPSA) is 66.9 Å². The van der Waals surface area contributed by atoms with Crippen LogP contribution in [0.4, 0.5) is 11.5 Å². The number of anilines is 2. The van der Waals surface area contributed by atoms with Crippen molar-refractivity contribution in [3.05, 3.63) is 47.9 Å². The summed E-state index contributed by atoms with van der Waals surface area (Å²) in [5.74, 6) is 0.749. The molecule has 0 unspecified atom stereocenters. The minimum Gasteiger partial charge on any atom is -0.369 e. The van der Waals surface area contributed by atoms with Gasteiger partial charge in [0, 0.05) is 12.2 Å². The first-order chi connectivity index (χ1) is 10.1. The van der Waals surface area contributed by atoms with Gasteiger partial charge in [-0.1, -0.05) is 32.0 Å². The summed E-state index contributed by atoms with van der Waals surface area (Å²) in [6.07, 6.45) is 3.04. The Morgan fingerprint density at radius 1 is 1.19 bits per heavy atom. The molecule has 1 aromatic carbocycles. The Morgan fingerprint density at radius 2 is 1.95 bits per heavy atom. The van der Waals surface area contributed by atoms with Crippen molar-refractivity contribution in [1.82, 2.24) is 9.97 Å². The highest BCUT2D eigenvalue weighted by atomic mass is 16.1. The largest absolute Gasteiger partial charge is 0.369 e. The van der Waals surface area contributed by atoms with E-state index in [0.29, 0.717) is 17.4 Å². The Balaban J connectivity index is 2.14. The van der Waals surface area contributed by atoms with Crippen molar-refractivity contribution < 1.29 is 4.79 Å². The molecular formula is C16H20N4O. The zero-order valence-electron chi connectivity index (χ0n) is 12.6. The lowest BCUT2D eigenvalue weighted by Crippen LogP contribution is -2.16. The molecule has 0 radical (unpaired) electrons. The van der Waals surface area contributed by atoms with Crippen LogP contribution in [0.2, 0.25) is 0 Å². The average Bonchev–Trinajstić information content (AvgIpc) is 2.48. The SMILES string of the molecule is CCNc1cnc(C(=O)Nc2ccccc2C(C)C)cn1. The van der Waals surface area contributed by atoms with Gasteiger partial charge in [0.2, 0.25) is 0 Å². The van der Waals surface area contributed by atoms with E-state index in [-0.39, 0.29) is 5.91 Å². The van der Waals surface area contributed by atoms with E-state index in [1.54, 1.807) is 6.20 Å². The van der Waals surface area contributed by atoms with Crippen LogP contribution < -0.4 is 10.6 Å². The summed E-state index contributed by atoms with van der Waals surface area (Å²) in [6.45, 7) is 6.93. The summed E-state index contributed by atoms with van der Waals surface area (Å²) in [5, 5.41) is 5.94. The summed E-state index contributed by atoms with van der Waals surface area (Å²) in [5.41, 5.74) is 2.22. The quantitative estimate of drug-likeness (QED) is 0.884. The molecular weight excluding hydrogens is 264 g/mol. The normalized spacial score (nSPS) is 10.5. The molecule has 2 rings (SSSR count). The van der Waals surface area contributed by atoms with Gasteiger partial charge in [-0.05, 0) is 24.5 Å². The molecule has 5 nitrogen and oxygen atoms in total. The number of hydrogen-bond donors (Lipinski definition) is 2. The first-order valence-corrected chi connectivity index (χ1v) is 7.08. The van der Waals surface area contributed by atoms with Crippen LogP contribution in [-0.4, -0.2) is 22.4 Å². The molecule has 0 fully saturated rings. The van der Waals surface area contributed by atoms with Gasteiger partial charge >= 0.3 is 0 Å². The van der Waals surface area contributed by atoms with E-state index in [1.807, 2.05) is 31.2 Å². The molecule has 0 aliphatic carbocycles. The van der Waals surface area contributed by atoms with Crippen LogP contribution in [0.1, 0.15) is 42.7 Å². The van der Waals surface area contributed by atoms with Crippen LogP contribution in [0.5, 0.6) is 0 Å². The average molecular weight is 284 g/mol. The number of nitrogens with zero attached hydrogens (tertiary/aromatic N) is 2. The minimum absolute atomic E-state index is 0.251. The van der Waals surface area contributed by atoms with Crippen LogP contribution in [0, 0.1) is 0 Å². The third kappa shape index (κ3) is 3.78. The maximum atomic E-state index is 12.2. The van der Waals surface area contributed by atoms with Crippen molar-refractivity contribution in [2.75, 3.05) is 17.2 Å². The maximum absolute atomic E-state index is 12.2. The lowest BCUT2D eigenvalue weighted by Gasteiger charge is -2.13. The maximum Gasteiger partial charge on any atom is 0.275 e. The number of amides is 1. The third-order valence-electron chi connectivity index (χ3n) is 3.07. The summed E-state index contributed by atoms with van der Waals surface area (Å²) in [4.78, 5) is 20.5. The molecule has 2 N–H and O–H groups in total. The van der Waals surface area contributed by atoms with Crippen molar-refractivity contribution in [1.29, 1.82) is 0 Å². The molecule has 0 bridgehead atoms. The number of carbonyl (C=O) groups excluding carboxylic acids is 1. The molecule has 2 aromatic rings. The number of benzene rings is 1. The van der Waals surface area contributed by atoms with Crippen LogP contribution in [0.3, 0.4) is 0 Å². The van der Waals surface area contributed by atoms with Gasteiger partial charge in [-0.25, -0.2) is 9.97 Å². The van der Waals surface area contributed by atoms with E-state index in [4.69, 9.17) is 0 Å². The Kier molecular flexibility index (Phi) is 4.87. The standard InChI is InChI=1S/C16H20N4O/c1-4-17-15-10-18-14(9-19-15)16(21)20-13-8-6-5-7-12(13)11(2)3/h5-11H,4H2,1-3H3,(H,17,19)(H,20,21). The molecule has 21 heavy (non-hydrogen) atoms. The first kappa shape index (κ1) is 15.0. The molecule has 0 aliphatic heterocycles. The molecule has 0 saturated heterocycles. The monoisotopic (exact) mass is 284 g/mol. The van der Waals surface area contributed by atoms with Gasteiger partial charge < -0.3 is 10.6 Å². The molecule has 0 atom stereocenters. The fraction of sp³-hybridized carbons (Fsp3) is 0.312. The summed E-state index contributed by atoms with van der Waals surface area (Å²) < 4.78 is 0. The van der Waals surface area contributed by atoms with Crippen LogP contribution in [0.15, 0.2) is 36.7 Å². The third-order valence-corrected chi connectivity index (χ3v) is 3.07. The molecule has 0 aliphatic rings. The second-order valence-electron chi connectivity index (χ2n) is 5.01. The molecule has 0 spiro atoms. The molecule has 1 amide bonds. The summed E-state index contributed by atoms with van der Waals surface area (Å²) >= 11 is 0. The van der Waals surface area contributed by atoms with Crippen molar-refractivity contribution in [3.63, 3.8) is 0 Å². The van der Waals surface area contributed by atoms with Crippen molar-refractivity contribution >= 4 is 17.4 Å². The van der Waals surface area contributed by atoms with Crippen molar-refractivity contribution in [2.24, 2.45) is 0 Å². The van der Waals surface area contributed by atoms with Crippen LogP contribution in [-0.2, 0) is 0 Å². The smallest absolute Gasteiger partial charge is 0.275 e. The van der Waals surface area contributed by atoms with Crippen LogP contribution in [0.25, 0.3) is 0 Å². The number of hydrogen-bond acceptors (Lipinski definition) is 4. The number of aromatic nitrogens is 2. The fourth-order valence-corrected chi connectivity index (χ4v) is 2.02. The molecule has 0 saturated carbocycles. The highest BCUT2D eigenvalue weighted by Gasteiger charge is 2.12. The first-order valence-electron chi connectivity index (χ1n) is 7.08. The van der Waals surface area contributed by atoms with Gasteiger partial charge in [0.1, 0.15) is 11.5 Å². The van der Waals surface area contributed by atoms with E-state index in [0.717, 1.165) is 17.8 Å². The zero-order valence-corrected chi connectivity index (χ0v) is 12.6. The van der Waals surface area contributed by atoms with Gasteiger partial charge in [-0.2, -0.15) is 0 Å². The van der Waals surface area contributed by atoms with E-state index in [2.05, 4.69) is 34.4 Å². The summed E-state index contributed by atoms with van der Waals surface area (Å²) in [6, 6.07) is 7.78. The molecule has 1 heterocycles. The Labute approximate surface area is 124 Å². The number of rotatable bonds is 5. The van der Waals surface area contributed by atoms with Crippen LogP contribution >= 0.6 is 0 Å². The van der Waals surface area contributed by atoms with E-state index in [9.17, 15) is 4.79 Å². The minimum atomic E-state index is -0.251. The van der Waals surface area contributed by atoms with E-state index >= 15 is 0 Å². The highest BCUT2D eigenvalue weighted by molar-refractivity contribution is 6.03. The highest BCUT2D eigenvalue weighted by Crippen LogP contribution is 2.23. The Bertz CT molecular complexity index is 608. The van der Waals surface area contributed by atoms with Gasteiger partial charge in [-0.15, -0.1) is 0 Å². The predicted molar refractivity (Wildman–Crippen MR) is 84.7 cm³/mol. The summed E-state index contributed by atoms with van der Waals surface area (Å²) in [7, 11) is 0. The van der Waals surface area contributed by atoms with Crippen molar-refractivity contribution in [2.45, 2.75) is 26.7 Å². The number of carbonyl (C=O) groups is 1. The van der Waals surface area contributed by atoms with E-state index < -0.39 is 0 Å². The lowest BCUT2D eigenvalue weighted by molar-refractivity contribution is 0.102. The van der Waals surface area contributed by atoms with Gasteiger partial charge in [0.25, 0.3) is 5.91 Å². The zero-order chi connectivity index (χ0) is 15.2. The van der Waals surface area contributed by atoms with Crippen molar-refractivity contribution in [3.8, 4) is 0 Å². The van der Waals surface area contributed by atoms with Gasteiger partial charge in [-0.3, -0.25) is 4.79 Å². The fourth-order valence-electron chi connectivity index (χ4n) is 2.02. The Hall–Kier alpha value is -2.43. The molecule has 1 aromatic heterocycles. The number of nitrogens with one attached hydrogen (secondary N) is 2. The predicted octanol–water partition coefficient (Wildman–Crippen LogP) is 3.28. The molecule has 110 valence electrons. The number of para-hydroxylation sites is 1. The second-order valence-corrected chi connectivity index (χ2v) is 5.01. The molecule has 5 heteroatoms. The lowest BCUT2D eigenvalue weighted by atomic mass is 10.0. The Morgan fingerprint density at radius 3 is 2.57 bits per heavy atom. The van der Waals surface area contributed by atoms with Gasteiger partial charge in [0.05, 0.1) is 12.4 Å². The second kappa shape index (κ2) is 6.83.